The summed E-state index contributed by atoms with van der Waals surface area (Å²) in [6.07, 6.45) is 2.10. The minimum Gasteiger partial charge on any atom is -0.460 e. The third-order valence-corrected chi connectivity index (χ3v) is 4.24. The number of hydrogen-bond acceptors (Lipinski definition) is 3. The first-order valence-corrected chi connectivity index (χ1v) is 9.46. The van der Waals surface area contributed by atoms with Gasteiger partial charge in [0.1, 0.15) is 11.3 Å². The number of halogens is 1. The molecule has 0 saturated heterocycles. The van der Waals surface area contributed by atoms with Gasteiger partial charge in [-0.25, -0.2) is 0 Å². The van der Waals surface area contributed by atoms with E-state index in [9.17, 15) is 9.59 Å². The molecule has 0 aliphatic rings. The molecule has 0 aliphatic heterocycles. The van der Waals surface area contributed by atoms with E-state index in [4.69, 9.17) is 16.3 Å². The Bertz CT molecular complexity index is 817. The molecule has 0 atom stereocenters. The highest BCUT2D eigenvalue weighted by atomic mass is 35.5. The van der Waals surface area contributed by atoms with Crippen molar-refractivity contribution in [2.45, 2.75) is 53.2 Å². The third kappa shape index (κ3) is 5.60. The predicted octanol–water partition coefficient (Wildman–Crippen LogP) is 4.60. The SMILES string of the molecule is CCn1cc(C)c(-c2ccc(Cl)cc2)c1C(=O)NCCC(=O)OC(C)(C)C. The van der Waals surface area contributed by atoms with Gasteiger partial charge in [0.2, 0.25) is 0 Å². The number of rotatable bonds is 6. The first kappa shape index (κ1) is 21.0. The van der Waals surface area contributed by atoms with E-state index in [1.54, 1.807) is 0 Å². The molecule has 6 heteroatoms. The Morgan fingerprint density at radius 2 is 1.81 bits per heavy atom. The van der Waals surface area contributed by atoms with Crippen molar-refractivity contribution in [1.29, 1.82) is 0 Å². The van der Waals surface area contributed by atoms with Crippen LogP contribution in [0.15, 0.2) is 30.5 Å². The number of esters is 1. The number of amides is 1. The number of aromatic nitrogens is 1. The third-order valence-electron chi connectivity index (χ3n) is 3.99. The number of nitrogens with one attached hydrogen (secondary N) is 1. The molecule has 2 aromatic rings. The van der Waals surface area contributed by atoms with Crippen molar-refractivity contribution in [3.05, 3.63) is 46.7 Å². The molecular weight excluding hydrogens is 364 g/mol. The van der Waals surface area contributed by atoms with E-state index in [0.717, 1.165) is 16.7 Å². The second-order valence-electron chi connectivity index (χ2n) is 7.42. The van der Waals surface area contributed by atoms with Gasteiger partial charge in [-0.05, 0) is 57.9 Å². The van der Waals surface area contributed by atoms with Crippen LogP contribution in [0, 0.1) is 6.92 Å². The number of nitrogens with zero attached hydrogens (tertiary/aromatic N) is 1. The van der Waals surface area contributed by atoms with Crippen LogP contribution in [0.4, 0.5) is 0 Å². The van der Waals surface area contributed by atoms with Crippen molar-refractivity contribution in [1.82, 2.24) is 9.88 Å². The highest BCUT2D eigenvalue weighted by molar-refractivity contribution is 6.30. The summed E-state index contributed by atoms with van der Waals surface area (Å²) >= 11 is 5.99. The van der Waals surface area contributed by atoms with Gasteiger partial charge < -0.3 is 14.6 Å². The molecule has 0 aliphatic carbocycles. The summed E-state index contributed by atoms with van der Waals surface area (Å²) in [5.41, 5.74) is 2.87. The van der Waals surface area contributed by atoms with E-state index in [1.807, 2.05) is 69.6 Å². The zero-order valence-electron chi connectivity index (χ0n) is 16.6. The molecule has 27 heavy (non-hydrogen) atoms. The first-order valence-electron chi connectivity index (χ1n) is 9.08. The number of benzene rings is 1. The summed E-state index contributed by atoms with van der Waals surface area (Å²) in [7, 11) is 0. The van der Waals surface area contributed by atoms with E-state index in [2.05, 4.69) is 5.32 Å². The normalized spacial score (nSPS) is 11.3. The van der Waals surface area contributed by atoms with Crippen molar-refractivity contribution in [2.75, 3.05) is 6.54 Å². The van der Waals surface area contributed by atoms with E-state index >= 15 is 0 Å². The van der Waals surface area contributed by atoms with Gasteiger partial charge in [-0.15, -0.1) is 0 Å². The molecule has 1 heterocycles. The minimum atomic E-state index is -0.531. The average Bonchev–Trinajstić information content (AvgIpc) is 2.90. The molecule has 1 aromatic heterocycles. The molecule has 0 radical (unpaired) electrons. The van der Waals surface area contributed by atoms with Gasteiger partial charge in [-0.2, -0.15) is 0 Å². The molecule has 2 rings (SSSR count). The summed E-state index contributed by atoms with van der Waals surface area (Å²) in [6.45, 7) is 10.3. The number of carbonyl (C=O) groups excluding carboxylic acids is 2. The van der Waals surface area contributed by atoms with Crippen LogP contribution >= 0.6 is 11.6 Å². The lowest BCUT2D eigenvalue weighted by molar-refractivity contribution is -0.154. The largest absolute Gasteiger partial charge is 0.460 e. The molecule has 0 unspecified atom stereocenters. The Morgan fingerprint density at radius 1 is 1.19 bits per heavy atom. The Hall–Kier alpha value is -2.27. The van der Waals surface area contributed by atoms with Crippen LogP contribution in [-0.2, 0) is 16.1 Å². The fraction of sp³-hybridized carbons (Fsp3) is 0.429. The van der Waals surface area contributed by atoms with Crippen LogP contribution < -0.4 is 5.32 Å². The molecule has 0 spiro atoms. The van der Waals surface area contributed by atoms with E-state index in [0.29, 0.717) is 17.3 Å². The lowest BCUT2D eigenvalue weighted by Crippen LogP contribution is -2.31. The van der Waals surface area contributed by atoms with Gasteiger partial charge in [0.25, 0.3) is 5.91 Å². The summed E-state index contributed by atoms with van der Waals surface area (Å²) in [4.78, 5) is 24.7. The quantitative estimate of drug-likeness (QED) is 0.733. The summed E-state index contributed by atoms with van der Waals surface area (Å²) in [5, 5.41) is 3.49. The fourth-order valence-corrected chi connectivity index (χ4v) is 3.05. The first-order chi connectivity index (χ1) is 12.6. The van der Waals surface area contributed by atoms with Crippen LogP contribution in [0.2, 0.25) is 5.02 Å². The second kappa shape index (κ2) is 8.61. The number of hydrogen-bond donors (Lipinski definition) is 1. The monoisotopic (exact) mass is 390 g/mol. The number of carbonyl (C=O) groups is 2. The van der Waals surface area contributed by atoms with Crippen LogP contribution in [0.25, 0.3) is 11.1 Å². The van der Waals surface area contributed by atoms with Crippen LogP contribution in [0.5, 0.6) is 0 Å². The van der Waals surface area contributed by atoms with Gasteiger partial charge in [0, 0.05) is 29.9 Å². The molecule has 1 aromatic carbocycles. The van der Waals surface area contributed by atoms with Crippen molar-refractivity contribution in [3.8, 4) is 11.1 Å². The van der Waals surface area contributed by atoms with E-state index in [1.165, 1.54) is 0 Å². The zero-order valence-corrected chi connectivity index (χ0v) is 17.3. The Labute approximate surface area is 165 Å². The molecule has 1 amide bonds. The highest BCUT2D eigenvalue weighted by Crippen LogP contribution is 2.30. The lowest BCUT2D eigenvalue weighted by Gasteiger charge is -2.19. The predicted molar refractivity (Wildman–Crippen MR) is 108 cm³/mol. The summed E-state index contributed by atoms with van der Waals surface area (Å²) < 4.78 is 7.19. The minimum absolute atomic E-state index is 0.130. The van der Waals surface area contributed by atoms with Gasteiger partial charge >= 0.3 is 5.97 Å². The molecule has 146 valence electrons. The van der Waals surface area contributed by atoms with Gasteiger partial charge in [-0.3, -0.25) is 9.59 Å². The second-order valence-corrected chi connectivity index (χ2v) is 7.86. The van der Waals surface area contributed by atoms with Crippen molar-refractivity contribution in [2.24, 2.45) is 0 Å². The fourth-order valence-electron chi connectivity index (χ4n) is 2.92. The maximum atomic E-state index is 12.9. The van der Waals surface area contributed by atoms with E-state index < -0.39 is 5.60 Å². The smallest absolute Gasteiger partial charge is 0.308 e. The zero-order chi connectivity index (χ0) is 20.2. The van der Waals surface area contributed by atoms with Crippen LogP contribution in [0.1, 0.15) is 50.2 Å². The average molecular weight is 391 g/mol. The topological polar surface area (TPSA) is 60.3 Å². The molecule has 0 bridgehead atoms. The Morgan fingerprint density at radius 3 is 2.37 bits per heavy atom. The summed E-state index contributed by atoms with van der Waals surface area (Å²) in [5.74, 6) is -0.541. The molecular formula is C21H27ClN2O3. The maximum absolute atomic E-state index is 12.9. The van der Waals surface area contributed by atoms with Crippen LogP contribution in [-0.4, -0.2) is 28.6 Å². The lowest BCUT2D eigenvalue weighted by atomic mass is 10.0. The molecule has 0 fully saturated rings. The van der Waals surface area contributed by atoms with Crippen molar-refractivity contribution < 1.29 is 14.3 Å². The van der Waals surface area contributed by atoms with Crippen molar-refractivity contribution >= 4 is 23.5 Å². The van der Waals surface area contributed by atoms with Gasteiger partial charge in [0.15, 0.2) is 0 Å². The van der Waals surface area contributed by atoms with Gasteiger partial charge in [0.05, 0.1) is 6.42 Å². The maximum Gasteiger partial charge on any atom is 0.308 e. The molecule has 1 N–H and O–H groups in total. The summed E-state index contributed by atoms with van der Waals surface area (Å²) in [6, 6.07) is 7.43. The number of ether oxygens (including phenoxy) is 1. The highest BCUT2D eigenvalue weighted by Gasteiger charge is 2.21. The Balaban J connectivity index is 2.18. The van der Waals surface area contributed by atoms with E-state index in [-0.39, 0.29) is 24.8 Å². The van der Waals surface area contributed by atoms with Gasteiger partial charge in [-0.1, -0.05) is 23.7 Å². The molecule has 0 saturated carbocycles. The Kier molecular flexibility index (Phi) is 6.71. The van der Waals surface area contributed by atoms with Crippen molar-refractivity contribution in [3.63, 3.8) is 0 Å². The van der Waals surface area contributed by atoms with Crippen LogP contribution in [0.3, 0.4) is 0 Å². The molecule has 5 nitrogen and oxygen atoms in total. The number of aryl methyl sites for hydroxylation is 2. The standard InChI is InChI=1S/C21H27ClN2O3/c1-6-24-13-14(2)18(15-7-9-16(22)10-8-15)19(24)20(26)23-12-11-17(25)27-21(3,4)5/h7-10,13H,6,11-12H2,1-5H3,(H,23,26).